The number of rotatable bonds is 7. The molecule has 3 rings (SSSR count). The lowest BCUT2D eigenvalue weighted by Crippen LogP contribution is -2.50. The van der Waals surface area contributed by atoms with Gasteiger partial charge in [-0.2, -0.15) is 0 Å². The number of hydrogen-bond donors (Lipinski definition) is 2. The molecule has 8 nitrogen and oxygen atoms in total. The van der Waals surface area contributed by atoms with Crippen LogP contribution in [0.2, 0.25) is 0 Å². The summed E-state index contributed by atoms with van der Waals surface area (Å²) in [5.41, 5.74) is 0. The highest BCUT2D eigenvalue weighted by Crippen LogP contribution is 2.27. The second-order valence-electron chi connectivity index (χ2n) is 7.73. The summed E-state index contributed by atoms with van der Waals surface area (Å²) in [6.45, 7) is 4.95. The summed E-state index contributed by atoms with van der Waals surface area (Å²) < 4.78 is 29.2. The molecule has 1 aromatic heterocycles. The molecular weight excluding hydrogens is 364 g/mol. The smallest absolute Gasteiger partial charge is 0.213 e. The Morgan fingerprint density at radius 2 is 2.15 bits per heavy atom. The first kappa shape index (κ1) is 20.1. The highest BCUT2D eigenvalue weighted by atomic mass is 32.2. The molecule has 2 heterocycles. The van der Waals surface area contributed by atoms with Crippen molar-refractivity contribution < 1.29 is 8.42 Å². The van der Waals surface area contributed by atoms with Crippen LogP contribution in [0.15, 0.2) is 23.7 Å². The van der Waals surface area contributed by atoms with Crippen LogP contribution in [-0.2, 0) is 10.0 Å². The number of sulfonamides is 1. The van der Waals surface area contributed by atoms with Gasteiger partial charge < -0.3 is 14.8 Å². The highest BCUT2D eigenvalue weighted by Gasteiger charge is 2.29. The second-order valence-corrected chi connectivity index (χ2v) is 9.65. The maximum atomic E-state index is 12.2. The number of aliphatic imine (C=N–C) groups is 1. The summed E-state index contributed by atoms with van der Waals surface area (Å²) in [6.07, 6.45) is 10.2. The van der Waals surface area contributed by atoms with Crippen molar-refractivity contribution in [1.29, 1.82) is 0 Å². The van der Waals surface area contributed by atoms with E-state index in [2.05, 4.69) is 36.4 Å². The van der Waals surface area contributed by atoms with Gasteiger partial charge in [-0.15, -0.1) is 0 Å². The van der Waals surface area contributed by atoms with E-state index in [4.69, 9.17) is 0 Å². The van der Waals surface area contributed by atoms with E-state index in [-0.39, 0.29) is 5.75 Å². The Bertz CT molecular complexity index is 714. The first-order valence-corrected chi connectivity index (χ1v) is 11.5. The molecule has 1 aromatic rings. The van der Waals surface area contributed by atoms with E-state index in [1.165, 1.54) is 6.42 Å². The van der Waals surface area contributed by atoms with Crippen molar-refractivity contribution in [3.05, 3.63) is 18.7 Å². The molecule has 9 heteroatoms. The van der Waals surface area contributed by atoms with Crippen LogP contribution in [-0.4, -0.2) is 67.8 Å². The van der Waals surface area contributed by atoms with Crippen LogP contribution >= 0.6 is 0 Å². The first-order valence-electron chi connectivity index (χ1n) is 9.89. The summed E-state index contributed by atoms with van der Waals surface area (Å²) in [6, 6.07) is 0.340. The molecule has 0 bridgehead atoms. The van der Waals surface area contributed by atoms with Gasteiger partial charge in [0.2, 0.25) is 10.0 Å². The van der Waals surface area contributed by atoms with Gasteiger partial charge in [0.1, 0.15) is 0 Å². The summed E-state index contributed by atoms with van der Waals surface area (Å²) in [5, 5.41) is 3.22. The van der Waals surface area contributed by atoms with Gasteiger partial charge in [0.05, 0.1) is 18.1 Å². The first-order chi connectivity index (χ1) is 13.0. The number of nitrogens with zero attached hydrogens (tertiary/aromatic N) is 4. The summed E-state index contributed by atoms with van der Waals surface area (Å²) >= 11 is 0. The van der Waals surface area contributed by atoms with Crippen molar-refractivity contribution in [1.82, 2.24) is 24.5 Å². The molecule has 1 saturated heterocycles. The number of aromatic nitrogens is 2. The van der Waals surface area contributed by atoms with E-state index < -0.39 is 10.0 Å². The van der Waals surface area contributed by atoms with Crippen LogP contribution in [0.4, 0.5) is 0 Å². The minimum Gasteiger partial charge on any atom is -0.355 e. The normalized spacial score (nSPS) is 24.7. The highest BCUT2D eigenvalue weighted by molar-refractivity contribution is 7.89. The molecule has 27 heavy (non-hydrogen) atoms. The molecule has 1 aliphatic heterocycles. The lowest BCUT2D eigenvalue weighted by Gasteiger charge is -2.39. The molecular formula is C18H32N6O2S. The third kappa shape index (κ3) is 5.44. The monoisotopic (exact) mass is 396 g/mol. The molecule has 2 atom stereocenters. The number of piperidine rings is 1. The number of hydrogen-bond acceptors (Lipinski definition) is 4. The van der Waals surface area contributed by atoms with Gasteiger partial charge in [0, 0.05) is 45.6 Å². The Morgan fingerprint density at radius 3 is 2.78 bits per heavy atom. The molecule has 2 aliphatic rings. The Hall–Kier alpha value is -1.61. The molecule has 2 unspecified atom stereocenters. The Kier molecular flexibility index (Phi) is 6.75. The number of guanidine groups is 1. The van der Waals surface area contributed by atoms with Gasteiger partial charge in [-0.05, 0) is 31.1 Å². The van der Waals surface area contributed by atoms with Crippen molar-refractivity contribution in [2.75, 3.05) is 39.0 Å². The van der Waals surface area contributed by atoms with Gasteiger partial charge in [-0.3, -0.25) is 4.99 Å². The van der Waals surface area contributed by atoms with Crippen molar-refractivity contribution >= 4 is 16.0 Å². The molecule has 0 aromatic carbocycles. The Balaban J connectivity index is 1.48. The van der Waals surface area contributed by atoms with E-state index >= 15 is 0 Å². The summed E-state index contributed by atoms with van der Waals surface area (Å²) in [4.78, 5) is 10.7. The van der Waals surface area contributed by atoms with E-state index in [1.54, 1.807) is 13.2 Å². The van der Waals surface area contributed by atoms with Crippen LogP contribution in [0.25, 0.3) is 0 Å². The second kappa shape index (κ2) is 9.05. The summed E-state index contributed by atoms with van der Waals surface area (Å²) in [5.74, 6) is 1.91. The SMILES string of the molecule is CN=C(NCCS(=O)(=O)NCC1CCC1)N1CCC(C)C(n2ccnc2)C1. The van der Waals surface area contributed by atoms with Crippen molar-refractivity contribution in [3.63, 3.8) is 0 Å². The number of likely N-dealkylation sites (tertiary alicyclic amines) is 1. The third-order valence-corrected chi connectivity index (χ3v) is 7.16. The average molecular weight is 397 g/mol. The van der Waals surface area contributed by atoms with Crippen molar-refractivity contribution in [2.24, 2.45) is 16.8 Å². The van der Waals surface area contributed by atoms with E-state index in [9.17, 15) is 8.42 Å². The lowest BCUT2D eigenvalue weighted by molar-refractivity contribution is 0.189. The van der Waals surface area contributed by atoms with E-state index in [1.807, 2.05) is 12.5 Å². The fourth-order valence-corrected chi connectivity index (χ4v) is 4.74. The third-order valence-electron chi connectivity index (χ3n) is 5.81. The zero-order valence-corrected chi connectivity index (χ0v) is 17.2. The van der Waals surface area contributed by atoms with Crippen molar-refractivity contribution in [3.8, 4) is 0 Å². The van der Waals surface area contributed by atoms with Crippen LogP contribution in [0.1, 0.15) is 38.6 Å². The molecule has 1 saturated carbocycles. The van der Waals surface area contributed by atoms with Gasteiger partial charge in [-0.1, -0.05) is 13.3 Å². The molecule has 2 fully saturated rings. The topological polar surface area (TPSA) is 91.6 Å². The van der Waals surface area contributed by atoms with Crippen molar-refractivity contribution in [2.45, 2.75) is 38.6 Å². The molecule has 152 valence electrons. The fourth-order valence-electron chi connectivity index (χ4n) is 3.74. The van der Waals surface area contributed by atoms with Crippen LogP contribution in [0, 0.1) is 11.8 Å². The van der Waals surface area contributed by atoms with Gasteiger partial charge >= 0.3 is 0 Å². The van der Waals surface area contributed by atoms with E-state index in [0.717, 1.165) is 38.3 Å². The molecule has 0 amide bonds. The largest absolute Gasteiger partial charge is 0.355 e. The van der Waals surface area contributed by atoms with Gasteiger partial charge in [-0.25, -0.2) is 18.1 Å². The Morgan fingerprint density at radius 1 is 1.33 bits per heavy atom. The van der Waals surface area contributed by atoms with Crippen LogP contribution < -0.4 is 10.0 Å². The predicted octanol–water partition coefficient (Wildman–Crippen LogP) is 1.06. The predicted molar refractivity (Wildman–Crippen MR) is 107 cm³/mol. The van der Waals surface area contributed by atoms with Crippen LogP contribution in [0.5, 0.6) is 0 Å². The number of imidazole rings is 1. The number of nitrogens with one attached hydrogen (secondary N) is 2. The minimum atomic E-state index is -3.24. The molecule has 2 N–H and O–H groups in total. The zero-order chi connectivity index (χ0) is 19.3. The standard InChI is InChI=1S/C18H32N6O2S/c1-15-6-9-23(13-17(15)24-10-7-20-14-24)18(19-2)21-8-11-27(25,26)22-12-16-4-3-5-16/h7,10,14-17,22H,3-6,8-9,11-13H2,1-2H3,(H,19,21). The van der Waals surface area contributed by atoms with Gasteiger partial charge in [0.25, 0.3) is 0 Å². The average Bonchev–Trinajstić information content (AvgIpc) is 3.12. The van der Waals surface area contributed by atoms with Crippen LogP contribution in [0.3, 0.4) is 0 Å². The maximum absolute atomic E-state index is 12.2. The molecule has 1 aliphatic carbocycles. The maximum Gasteiger partial charge on any atom is 0.213 e. The molecule has 0 radical (unpaired) electrons. The minimum absolute atomic E-state index is 0.0634. The summed E-state index contributed by atoms with van der Waals surface area (Å²) in [7, 11) is -1.49. The molecule has 0 spiro atoms. The Labute approximate surface area is 162 Å². The fraction of sp³-hybridized carbons (Fsp3) is 0.778. The van der Waals surface area contributed by atoms with E-state index in [0.29, 0.717) is 31.0 Å². The quantitative estimate of drug-likeness (QED) is 0.531. The zero-order valence-electron chi connectivity index (χ0n) is 16.3. The van der Waals surface area contributed by atoms with Gasteiger partial charge in [0.15, 0.2) is 5.96 Å². The lowest BCUT2D eigenvalue weighted by atomic mass is 9.86.